The predicted octanol–water partition coefficient (Wildman–Crippen LogP) is 5.52. The number of aryl methyl sites for hydroxylation is 1. The molecule has 2 amide bonds. The number of aliphatic carboxylic acids is 1. The summed E-state index contributed by atoms with van der Waals surface area (Å²) in [5.74, 6) is -2.36. The number of imide groups is 1. The minimum absolute atomic E-state index is 0.00942. The first kappa shape index (κ1) is 25.9. The van der Waals surface area contributed by atoms with Gasteiger partial charge < -0.3 is 9.84 Å². The molecule has 0 bridgehead atoms. The van der Waals surface area contributed by atoms with Gasteiger partial charge in [0.05, 0.1) is 22.3 Å². The van der Waals surface area contributed by atoms with Gasteiger partial charge in [-0.2, -0.15) is 5.10 Å². The lowest BCUT2D eigenvalue weighted by atomic mass is 10.0. The Morgan fingerprint density at radius 2 is 1.76 bits per heavy atom. The number of rotatable bonds is 8. The van der Waals surface area contributed by atoms with E-state index in [1.807, 2.05) is 18.2 Å². The van der Waals surface area contributed by atoms with Gasteiger partial charge in [0.15, 0.2) is 11.6 Å². The summed E-state index contributed by atoms with van der Waals surface area (Å²) in [6.07, 6.45) is 2.99. The van der Waals surface area contributed by atoms with Crippen LogP contribution in [-0.4, -0.2) is 37.7 Å². The van der Waals surface area contributed by atoms with Crippen molar-refractivity contribution >= 4 is 34.5 Å². The molecule has 0 aliphatic carbocycles. The second kappa shape index (κ2) is 10.3. The van der Waals surface area contributed by atoms with E-state index in [1.54, 1.807) is 60.4 Å². The number of amides is 2. The van der Waals surface area contributed by atoms with Crippen molar-refractivity contribution in [1.82, 2.24) is 14.8 Å². The second-order valence-corrected chi connectivity index (χ2v) is 9.64. The Morgan fingerprint density at radius 1 is 1.00 bits per heavy atom. The van der Waals surface area contributed by atoms with Crippen molar-refractivity contribution in [3.8, 4) is 11.4 Å². The van der Waals surface area contributed by atoms with Gasteiger partial charge in [-0.05, 0) is 73.5 Å². The summed E-state index contributed by atoms with van der Waals surface area (Å²) in [5.41, 5.74) is 3.06. The van der Waals surface area contributed by atoms with Gasteiger partial charge in [-0.3, -0.25) is 14.4 Å². The van der Waals surface area contributed by atoms with Crippen molar-refractivity contribution in [1.29, 1.82) is 0 Å². The zero-order valence-corrected chi connectivity index (χ0v) is 21.8. The number of benzene rings is 3. The van der Waals surface area contributed by atoms with Crippen LogP contribution in [0, 0.1) is 5.82 Å². The minimum atomic E-state index is -0.910. The SMILES string of the molecule is C[C@H](Oc1cc2cc(F)ccc2nc1N1C(=O)c2ccccc2C1=O)c1cc(CCC(=O)O)ccc1-n1cccn1. The Balaban J connectivity index is 1.45. The number of ether oxygens (including phenoxy) is 1. The van der Waals surface area contributed by atoms with Crippen LogP contribution in [0.3, 0.4) is 0 Å². The molecule has 3 heterocycles. The van der Waals surface area contributed by atoms with Crippen LogP contribution in [0.4, 0.5) is 10.2 Å². The summed E-state index contributed by atoms with van der Waals surface area (Å²) < 4.78 is 22.2. The van der Waals surface area contributed by atoms with E-state index in [2.05, 4.69) is 10.1 Å². The average Bonchev–Trinajstić information content (AvgIpc) is 3.59. The number of hydrogen-bond acceptors (Lipinski definition) is 6. The molecule has 0 saturated heterocycles. The fraction of sp³-hybridized carbons (Fsp3) is 0.129. The van der Waals surface area contributed by atoms with E-state index >= 15 is 0 Å². The lowest BCUT2D eigenvalue weighted by Gasteiger charge is -2.23. The van der Waals surface area contributed by atoms with E-state index in [0.29, 0.717) is 28.6 Å². The second-order valence-electron chi connectivity index (χ2n) is 9.64. The van der Waals surface area contributed by atoms with Gasteiger partial charge in [0.1, 0.15) is 11.9 Å². The van der Waals surface area contributed by atoms with E-state index in [0.717, 1.165) is 10.5 Å². The van der Waals surface area contributed by atoms with E-state index in [9.17, 15) is 18.8 Å². The molecule has 41 heavy (non-hydrogen) atoms. The van der Waals surface area contributed by atoms with Crippen molar-refractivity contribution < 1.29 is 28.6 Å². The number of nitrogens with zero attached hydrogens (tertiary/aromatic N) is 4. The fourth-order valence-corrected chi connectivity index (χ4v) is 4.96. The van der Waals surface area contributed by atoms with E-state index in [-0.39, 0.29) is 29.1 Å². The molecule has 204 valence electrons. The van der Waals surface area contributed by atoms with E-state index in [1.165, 1.54) is 18.2 Å². The summed E-state index contributed by atoms with van der Waals surface area (Å²) >= 11 is 0. The number of carbonyl (C=O) groups excluding carboxylic acids is 2. The maximum atomic E-state index is 14.1. The third kappa shape index (κ3) is 4.80. The van der Waals surface area contributed by atoms with Crippen LogP contribution in [0.5, 0.6) is 5.75 Å². The van der Waals surface area contributed by atoms with E-state index in [4.69, 9.17) is 9.84 Å². The van der Waals surface area contributed by atoms with Crippen LogP contribution >= 0.6 is 0 Å². The first-order valence-corrected chi connectivity index (χ1v) is 12.9. The Morgan fingerprint density at radius 3 is 2.44 bits per heavy atom. The molecule has 3 aromatic carbocycles. The number of aromatic nitrogens is 3. The van der Waals surface area contributed by atoms with Crippen LogP contribution in [0.15, 0.2) is 85.2 Å². The summed E-state index contributed by atoms with van der Waals surface area (Å²) in [7, 11) is 0. The zero-order chi connectivity index (χ0) is 28.7. The van der Waals surface area contributed by atoms with E-state index < -0.39 is 29.7 Å². The van der Waals surface area contributed by atoms with Gasteiger partial charge in [0.2, 0.25) is 0 Å². The van der Waals surface area contributed by atoms with Gasteiger partial charge in [-0.1, -0.05) is 18.2 Å². The number of anilines is 1. The van der Waals surface area contributed by atoms with Crippen LogP contribution < -0.4 is 9.64 Å². The topological polar surface area (TPSA) is 115 Å². The number of halogens is 1. The number of fused-ring (bicyclic) bond motifs is 2. The molecule has 2 aromatic heterocycles. The highest BCUT2D eigenvalue weighted by atomic mass is 19.1. The highest BCUT2D eigenvalue weighted by Gasteiger charge is 2.39. The predicted molar refractivity (Wildman–Crippen MR) is 148 cm³/mol. The number of carboxylic acids is 1. The lowest BCUT2D eigenvalue weighted by Crippen LogP contribution is -2.31. The van der Waals surface area contributed by atoms with Gasteiger partial charge in [0, 0.05) is 29.8 Å². The molecule has 5 aromatic rings. The van der Waals surface area contributed by atoms with Crippen LogP contribution in [0.1, 0.15) is 51.3 Å². The average molecular weight is 551 g/mol. The number of carboxylic acid groups (broad SMARTS) is 1. The van der Waals surface area contributed by atoms with Crippen molar-refractivity contribution in [3.63, 3.8) is 0 Å². The number of pyridine rings is 1. The van der Waals surface area contributed by atoms with Crippen molar-refractivity contribution in [2.75, 3.05) is 4.90 Å². The summed E-state index contributed by atoms with van der Waals surface area (Å²) in [5, 5.41) is 13.9. The Kier molecular flexibility index (Phi) is 6.50. The van der Waals surface area contributed by atoms with Gasteiger partial charge in [0.25, 0.3) is 11.8 Å². The normalized spacial score (nSPS) is 13.5. The maximum absolute atomic E-state index is 14.1. The molecule has 6 rings (SSSR count). The van der Waals surface area contributed by atoms with Gasteiger partial charge in [-0.25, -0.2) is 19.0 Å². The van der Waals surface area contributed by atoms with Crippen LogP contribution in [0.25, 0.3) is 16.6 Å². The fourth-order valence-electron chi connectivity index (χ4n) is 4.96. The molecule has 1 N–H and O–H groups in total. The third-order valence-electron chi connectivity index (χ3n) is 6.94. The third-order valence-corrected chi connectivity index (χ3v) is 6.94. The summed E-state index contributed by atoms with van der Waals surface area (Å²) in [6, 6.07) is 19.4. The summed E-state index contributed by atoms with van der Waals surface area (Å²) in [4.78, 5) is 43.5. The molecule has 0 spiro atoms. The zero-order valence-electron chi connectivity index (χ0n) is 21.8. The first-order valence-electron chi connectivity index (χ1n) is 12.9. The molecule has 0 unspecified atom stereocenters. The molecule has 9 nitrogen and oxygen atoms in total. The molecule has 0 fully saturated rings. The van der Waals surface area contributed by atoms with Crippen molar-refractivity contribution in [2.45, 2.75) is 25.9 Å². The Bertz CT molecular complexity index is 1800. The van der Waals surface area contributed by atoms with Crippen molar-refractivity contribution in [3.05, 3.63) is 113 Å². The number of hydrogen-bond donors (Lipinski definition) is 1. The van der Waals surface area contributed by atoms with Crippen molar-refractivity contribution in [2.24, 2.45) is 0 Å². The highest BCUT2D eigenvalue weighted by molar-refractivity contribution is 6.34. The van der Waals surface area contributed by atoms with Gasteiger partial charge >= 0.3 is 5.97 Å². The first-order chi connectivity index (χ1) is 19.8. The molecule has 0 radical (unpaired) electrons. The van der Waals surface area contributed by atoms with Gasteiger partial charge in [-0.15, -0.1) is 0 Å². The smallest absolute Gasteiger partial charge is 0.303 e. The molecule has 0 saturated carbocycles. The minimum Gasteiger partial charge on any atom is -0.482 e. The molecular weight excluding hydrogens is 527 g/mol. The quantitative estimate of drug-likeness (QED) is 0.253. The molecular formula is C31H23FN4O5. The lowest BCUT2D eigenvalue weighted by molar-refractivity contribution is -0.136. The summed E-state index contributed by atoms with van der Waals surface area (Å²) in [6.45, 7) is 1.78. The molecule has 1 aliphatic rings. The molecule has 1 aliphatic heterocycles. The monoisotopic (exact) mass is 550 g/mol. The Hall–Kier alpha value is -5.38. The maximum Gasteiger partial charge on any atom is 0.303 e. The highest BCUT2D eigenvalue weighted by Crippen LogP contribution is 2.38. The number of carbonyl (C=O) groups is 3. The molecule has 10 heteroatoms. The largest absolute Gasteiger partial charge is 0.482 e. The molecule has 1 atom stereocenters. The van der Waals surface area contributed by atoms with Crippen LogP contribution in [0.2, 0.25) is 0 Å². The Labute approximate surface area is 233 Å². The van der Waals surface area contributed by atoms with Crippen LogP contribution in [-0.2, 0) is 11.2 Å². The standard InChI is InChI=1S/C31H23FN4O5/c1-18(24-15-19(8-12-28(37)38)7-11-26(24)35-14-4-13-33-35)41-27-17-20-16-21(32)9-10-25(20)34-29(27)36-30(39)22-5-2-3-6-23(22)31(36)40/h2-7,9-11,13-18H,8,12H2,1H3,(H,37,38)/t18-/m0/s1.